The largest absolute Gasteiger partial charge is 0.207 e. The normalized spacial score (nSPS) is 11.5. The lowest BCUT2D eigenvalue weighted by Gasteiger charge is -2.25. The summed E-state index contributed by atoms with van der Waals surface area (Å²) in [6.07, 6.45) is 0. The number of fused-ring (bicyclic) bond motifs is 3. The summed E-state index contributed by atoms with van der Waals surface area (Å²) in [5.74, 6) is -1.40. The van der Waals surface area contributed by atoms with E-state index in [1.54, 1.807) is 48.5 Å². The molecule has 0 N–H and O–H groups in total. The van der Waals surface area contributed by atoms with E-state index >= 15 is 0 Å². The van der Waals surface area contributed by atoms with Crippen LogP contribution in [0.25, 0.3) is 76.8 Å². The van der Waals surface area contributed by atoms with Crippen LogP contribution in [-0.4, -0.2) is 0 Å². The van der Waals surface area contributed by atoms with Gasteiger partial charge in [-0.3, -0.25) is 0 Å². The molecule has 0 spiro atoms. The molecule has 0 unspecified atom stereocenters. The van der Waals surface area contributed by atoms with Gasteiger partial charge in [-0.2, -0.15) is 0 Å². The van der Waals surface area contributed by atoms with E-state index < -0.39 is 0 Å². The van der Waals surface area contributed by atoms with Gasteiger partial charge in [-0.25, -0.2) is 17.6 Å². The summed E-state index contributed by atoms with van der Waals surface area (Å²) in [5.41, 5.74) is 6.73. The number of halogens is 4. The predicted octanol–water partition coefficient (Wildman–Crippen LogP) is 12.4. The molecule has 0 nitrogen and oxygen atoms in total. The van der Waals surface area contributed by atoms with E-state index in [4.69, 9.17) is 0 Å². The molecule has 4 heteroatoms. The molecule has 0 aliphatic heterocycles. The summed E-state index contributed by atoms with van der Waals surface area (Å²) in [7, 11) is 0. The monoisotopic (exact) mass is 604 g/mol. The zero-order valence-electron chi connectivity index (χ0n) is 24.4. The first-order valence-corrected chi connectivity index (χ1v) is 14.9. The third kappa shape index (κ3) is 4.53. The predicted molar refractivity (Wildman–Crippen MR) is 181 cm³/mol. The summed E-state index contributed by atoms with van der Waals surface area (Å²) < 4.78 is 57.4. The smallest absolute Gasteiger partial charge is 0.123 e. The fourth-order valence-corrected chi connectivity index (χ4v) is 6.79. The minimum Gasteiger partial charge on any atom is -0.207 e. The maximum absolute atomic E-state index is 14.4. The van der Waals surface area contributed by atoms with Crippen LogP contribution in [0.15, 0.2) is 146 Å². The minimum absolute atomic E-state index is 0.350. The van der Waals surface area contributed by atoms with Crippen LogP contribution in [0.5, 0.6) is 0 Å². The van der Waals surface area contributed by atoms with Crippen molar-refractivity contribution in [2.45, 2.75) is 0 Å². The molecule has 0 saturated heterocycles. The highest BCUT2D eigenvalue weighted by Crippen LogP contribution is 2.53. The molecule has 0 radical (unpaired) electrons. The topological polar surface area (TPSA) is 0 Å². The summed E-state index contributed by atoms with van der Waals surface area (Å²) in [5, 5.41) is 5.42. The van der Waals surface area contributed by atoms with Gasteiger partial charge in [0.25, 0.3) is 0 Å². The lowest BCUT2D eigenvalue weighted by atomic mass is 9.77. The number of benzene rings is 8. The fourth-order valence-electron chi connectivity index (χ4n) is 6.79. The third-order valence-corrected chi connectivity index (χ3v) is 8.71. The standard InChI is InChI=1S/C42H24F4/c43-29-17-9-25(10-18-29)37-33-5-1-2-6-34(33)38(26-11-19-30(44)20-12-26)42-40(28-15-23-32(46)24-16-28)36-8-4-3-7-35(36)39(41(37)42)27-13-21-31(45)22-14-27/h1-24H. The van der Waals surface area contributed by atoms with Gasteiger partial charge in [0.05, 0.1) is 0 Å². The van der Waals surface area contributed by atoms with Gasteiger partial charge in [0.15, 0.2) is 0 Å². The number of hydrogen-bond donors (Lipinski definition) is 0. The lowest BCUT2D eigenvalue weighted by molar-refractivity contribution is 0.627. The van der Waals surface area contributed by atoms with E-state index in [1.807, 2.05) is 48.5 Å². The van der Waals surface area contributed by atoms with E-state index in [0.717, 1.165) is 76.8 Å². The van der Waals surface area contributed by atoms with Crippen molar-refractivity contribution in [2.24, 2.45) is 0 Å². The second-order valence-electron chi connectivity index (χ2n) is 11.4. The highest BCUT2D eigenvalue weighted by Gasteiger charge is 2.26. The zero-order chi connectivity index (χ0) is 31.4. The van der Waals surface area contributed by atoms with Gasteiger partial charge in [-0.05, 0) is 125 Å². The molecule has 0 atom stereocenters. The van der Waals surface area contributed by atoms with Gasteiger partial charge in [0.1, 0.15) is 23.3 Å². The van der Waals surface area contributed by atoms with E-state index in [9.17, 15) is 17.6 Å². The number of hydrogen-bond acceptors (Lipinski definition) is 0. The van der Waals surface area contributed by atoms with E-state index in [0.29, 0.717) is 0 Å². The molecular formula is C42H24F4. The Morgan fingerprint density at radius 3 is 0.630 bits per heavy atom. The maximum Gasteiger partial charge on any atom is 0.123 e. The van der Waals surface area contributed by atoms with E-state index in [1.165, 1.54) is 48.5 Å². The molecule has 0 aliphatic rings. The fraction of sp³-hybridized carbons (Fsp3) is 0. The van der Waals surface area contributed by atoms with Crippen LogP contribution in [0.1, 0.15) is 0 Å². The van der Waals surface area contributed by atoms with Crippen molar-refractivity contribution in [3.05, 3.63) is 169 Å². The zero-order valence-corrected chi connectivity index (χ0v) is 24.4. The average Bonchev–Trinajstić information content (AvgIpc) is 3.08. The van der Waals surface area contributed by atoms with Gasteiger partial charge in [0.2, 0.25) is 0 Å². The first kappa shape index (κ1) is 27.8. The van der Waals surface area contributed by atoms with Gasteiger partial charge in [-0.1, -0.05) is 97.1 Å². The summed E-state index contributed by atoms with van der Waals surface area (Å²) in [6, 6.07) is 41.8. The van der Waals surface area contributed by atoms with E-state index in [2.05, 4.69) is 0 Å². The molecule has 220 valence electrons. The molecule has 0 saturated carbocycles. The molecule has 0 bridgehead atoms. The van der Waals surface area contributed by atoms with Crippen molar-refractivity contribution in [1.82, 2.24) is 0 Å². The highest BCUT2D eigenvalue weighted by atomic mass is 19.1. The van der Waals surface area contributed by atoms with Crippen LogP contribution < -0.4 is 0 Å². The average molecular weight is 605 g/mol. The minimum atomic E-state index is -0.350. The van der Waals surface area contributed by atoms with Crippen molar-refractivity contribution in [3.63, 3.8) is 0 Å². The summed E-state index contributed by atoms with van der Waals surface area (Å²) in [6.45, 7) is 0. The number of rotatable bonds is 4. The Hall–Kier alpha value is -5.74. The Labute approximate surface area is 262 Å². The Morgan fingerprint density at radius 2 is 0.435 bits per heavy atom. The van der Waals surface area contributed by atoms with Crippen LogP contribution in [0, 0.1) is 23.3 Å². The highest BCUT2D eigenvalue weighted by molar-refractivity contribution is 6.33. The van der Waals surface area contributed by atoms with E-state index in [-0.39, 0.29) is 23.3 Å². The van der Waals surface area contributed by atoms with Gasteiger partial charge < -0.3 is 0 Å². The summed E-state index contributed by atoms with van der Waals surface area (Å²) in [4.78, 5) is 0. The summed E-state index contributed by atoms with van der Waals surface area (Å²) >= 11 is 0. The Morgan fingerprint density at radius 1 is 0.239 bits per heavy atom. The Balaban J connectivity index is 1.74. The van der Waals surface area contributed by atoms with Gasteiger partial charge >= 0.3 is 0 Å². The lowest BCUT2D eigenvalue weighted by Crippen LogP contribution is -1.98. The SMILES string of the molecule is Fc1ccc(-c2c3ccccc3c(-c3ccc(F)cc3)c3c(-c4ccc(F)cc4)c4ccccc4c(-c4ccc(F)cc4)c23)cc1. The van der Waals surface area contributed by atoms with Crippen molar-refractivity contribution in [3.8, 4) is 44.5 Å². The quantitative estimate of drug-likeness (QED) is 0.138. The second kappa shape index (κ2) is 11.0. The molecule has 8 aromatic carbocycles. The van der Waals surface area contributed by atoms with Crippen molar-refractivity contribution < 1.29 is 17.6 Å². The molecule has 8 rings (SSSR count). The first-order valence-electron chi connectivity index (χ1n) is 14.9. The molecule has 46 heavy (non-hydrogen) atoms. The molecule has 0 fully saturated rings. The molecule has 0 heterocycles. The molecule has 0 aliphatic carbocycles. The second-order valence-corrected chi connectivity index (χ2v) is 11.4. The molecule has 8 aromatic rings. The molecular weight excluding hydrogens is 580 g/mol. The molecule has 0 amide bonds. The van der Waals surface area contributed by atoms with Crippen LogP contribution in [-0.2, 0) is 0 Å². The van der Waals surface area contributed by atoms with Crippen LogP contribution in [0.4, 0.5) is 17.6 Å². The van der Waals surface area contributed by atoms with Crippen LogP contribution in [0.3, 0.4) is 0 Å². The Kier molecular flexibility index (Phi) is 6.65. The molecule has 0 aromatic heterocycles. The van der Waals surface area contributed by atoms with Gasteiger partial charge in [0, 0.05) is 0 Å². The van der Waals surface area contributed by atoms with Crippen molar-refractivity contribution >= 4 is 32.3 Å². The Bertz CT molecular complexity index is 2070. The van der Waals surface area contributed by atoms with Crippen molar-refractivity contribution in [1.29, 1.82) is 0 Å². The van der Waals surface area contributed by atoms with Crippen LogP contribution in [0.2, 0.25) is 0 Å². The van der Waals surface area contributed by atoms with Gasteiger partial charge in [-0.15, -0.1) is 0 Å². The van der Waals surface area contributed by atoms with Crippen molar-refractivity contribution in [2.75, 3.05) is 0 Å². The third-order valence-electron chi connectivity index (χ3n) is 8.71. The maximum atomic E-state index is 14.4. The first-order chi connectivity index (χ1) is 22.5. The van der Waals surface area contributed by atoms with Crippen LogP contribution >= 0.6 is 0 Å².